The smallest absolute Gasteiger partial charge is 0.158 e. The van der Waals surface area contributed by atoms with Crippen molar-refractivity contribution in [2.75, 3.05) is 31.7 Å². The molecule has 0 radical (unpaired) electrons. The minimum absolute atomic E-state index is 0.00800. The zero-order valence-corrected chi connectivity index (χ0v) is 22.1. The first-order chi connectivity index (χ1) is 18.3. The molecule has 2 aromatic carbocycles. The van der Waals surface area contributed by atoms with Gasteiger partial charge in [0.1, 0.15) is 29.7 Å². The highest BCUT2D eigenvalue weighted by Gasteiger charge is 2.20. The van der Waals surface area contributed by atoms with Gasteiger partial charge < -0.3 is 30.3 Å². The van der Waals surface area contributed by atoms with Crippen LogP contribution in [0.1, 0.15) is 32.8 Å². The summed E-state index contributed by atoms with van der Waals surface area (Å²) >= 11 is 0. The molecule has 0 aliphatic carbocycles. The van der Waals surface area contributed by atoms with Crippen molar-refractivity contribution in [1.29, 1.82) is 0 Å². The summed E-state index contributed by atoms with van der Waals surface area (Å²) in [7, 11) is 0. The van der Waals surface area contributed by atoms with Gasteiger partial charge in [0, 0.05) is 42.6 Å². The van der Waals surface area contributed by atoms with Crippen LogP contribution in [0.2, 0.25) is 0 Å². The average molecular weight is 521 g/mol. The van der Waals surface area contributed by atoms with Crippen molar-refractivity contribution in [2.45, 2.75) is 39.7 Å². The van der Waals surface area contributed by atoms with Crippen LogP contribution in [0.3, 0.4) is 0 Å². The third kappa shape index (κ3) is 7.11. The van der Waals surface area contributed by atoms with Crippen molar-refractivity contribution in [2.24, 2.45) is 17.5 Å². The predicted octanol–water partition coefficient (Wildman–Crippen LogP) is 3.68. The van der Waals surface area contributed by atoms with E-state index in [-0.39, 0.29) is 30.8 Å². The van der Waals surface area contributed by atoms with Gasteiger partial charge in [0.15, 0.2) is 5.78 Å². The zero-order chi connectivity index (χ0) is 27.1. The maximum atomic E-state index is 12.5. The van der Waals surface area contributed by atoms with Gasteiger partial charge in [-0.25, -0.2) is 15.8 Å². The third-order valence-electron chi connectivity index (χ3n) is 6.12. The lowest BCUT2D eigenvalue weighted by molar-refractivity contribution is -0.119. The molecular formula is C28H36N6O4. The topological polar surface area (TPSA) is 138 Å². The van der Waals surface area contributed by atoms with Gasteiger partial charge in [-0.15, -0.1) is 0 Å². The number of nitrogens with two attached hydrogens (primary N) is 2. The Morgan fingerprint density at radius 1 is 1.26 bits per heavy atom. The van der Waals surface area contributed by atoms with E-state index in [1.807, 2.05) is 57.2 Å². The maximum Gasteiger partial charge on any atom is 0.158 e. The molecule has 1 atom stereocenters. The Balaban J connectivity index is 1.46. The number of nitrogens with zero attached hydrogens (tertiary/aromatic N) is 3. The summed E-state index contributed by atoms with van der Waals surface area (Å²) in [4.78, 5) is 21.4. The van der Waals surface area contributed by atoms with Crippen LogP contribution in [-0.4, -0.2) is 53.2 Å². The van der Waals surface area contributed by atoms with Crippen LogP contribution in [0.4, 0.5) is 11.5 Å². The number of nitrogens with one attached hydrogen (secondary N) is 1. The van der Waals surface area contributed by atoms with E-state index in [9.17, 15) is 4.79 Å². The molecule has 0 saturated carbocycles. The van der Waals surface area contributed by atoms with Gasteiger partial charge in [0.25, 0.3) is 0 Å². The number of aromatic nitrogens is 2. The summed E-state index contributed by atoms with van der Waals surface area (Å²) in [5.41, 5.74) is 8.97. The minimum Gasteiger partial charge on any atom is -0.493 e. The number of Topliss-reactive ketones (excluding diaryl/α,β-unsaturated/α-hetero) is 1. The summed E-state index contributed by atoms with van der Waals surface area (Å²) in [6.45, 7) is 7.72. The maximum absolute atomic E-state index is 12.5. The molecule has 1 fully saturated rings. The van der Waals surface area contributed by atoms with Gasteiger partial charge in [-0.3, -0.25) is 4.79 Å². The number of allylic oxidation sites excluding steroid dienone is 1. The van der Waals surface area contributed by atoms with E-state index in [4.69, 9.17) is 25.8 Å². The number of benzene rings is 2. The highest BCUT2D eigenvalue weighted by Crippen LogP contribution is 2.36. The van der Waals surface area contributed by atoms with E-state index in [1.54, 1.807) is 6.20 Å². The third-order valence-corrected chi connectivity index (χ3v) is 6.12. The van der Waals surface area contributed by atoms with Gasteiger partial charge in [-0.1, -0.05) is 26.0 Å². The van der Waals surface area contributed by atoms with Gasteiger partial charge in [0.2, 0.25) is 0 Å². The number of rotatable bonds is 12. The molecule has 1 aliphatic rings. The lowest BCUT2D eigenvalue weighted by Gasteiger charge is -2.17. The van der Waals surface area contributed by atoms with Crippen molar-refractivity contribution in [1.82, 2.24) is 15.0 Å². The first-order valence-corrected chi connectivity index (χ1v) is 12.8. The Hall–Kier alpha value is -3.89. The molecule has 0 amide bonds. The Labute approximate surface area is 222 Å². The molecule has 1 aromatic heterocycles. The largest absolute Gasteiger partial charge is 0.493 e. The first-order valence-electron chi connectivity index (χ1n) is 12.8. The van der Waals surface area contributed by atoms with Crippen LogP contribution >= 0.6 is 0 Å². The van der Waals surface area contributed by atoms with E-state index in [0.29, 0.717) is 48.4 Å². The number of anilines is 2. The van der Waals surface area contributed by atoms with Crippen LogP contribution < -0.4 is 26.4 Å². The Kier molecular flexibility index (Phi) is 8.98. The molecule has 2 heterocycles. The van der Waals surface area contributed by atoms with Crippen molar-refractivity contribution in [3.05, 3.63) is 60.2 Å². The summed E-state index contributed by atoms with van der Waals surface area (Å²) in [5, 5.41) is 5.46. The number of carbonyl (C=O) groups excluding carboxylic acids is 1. The van der Waals surface area contributed by atoms with Gasteiger partial charge in [0.05, 0.1) is 37.3 Å². The normalized spacial score (nSPS) is 15.6. The lowest BCUT2D eigenvalue weighted by atomic mass is 10.1. The monoisotopic (exact) mass is 520 g/mol. The zero-order valence-electron chi connectivity index (χ0n) is 22.1. The quantitative estimate of drug-likeness (QED) is 0.239. The molecule has 0 bridgehead atoms. The van der Waals surface area contributed by atoms with E-state index in [1.165, 1.54) is 11.3 Å². The number of carbonyl (C=O) groups is 1. The molecule has 3 aromatic rings. The lowest BCUT2D eigenvalue weighted by Crippen LogP contribution is -2.33. The standard InChI is InChI=1S/C28H36N6O4/c1-4-37-26-13-23(38-22-9-10-36-16-22)12-25-27(26)28(32-17-31-25)33-20-7-5-19(6-8-20)11-21(35)14-34(30)15-24(29)18(2)3/h5-8,12-13,15,17-18,22H,4,9-11,14,16,29-30H2,1-3H3,(H,31,32,33)/b24-15-/t22-/m0/s1. The second kappa shape index (κ2) is 12.6. The number of hydrogen-bond donors (Lipinski definition) is 3. The second-order valence-electron chi connectivity index (χ2n) is 9.57. The Bertz CT molecular complexity index is 1270. The number of hydrazine groups is 1. The average Bonchev–Trinajstić information content (AvgIpc) is 3.38. The SMILES string of the molecule is CCOc1cc(O[C@H]2CCOC2)cc2ncnc(Nc3ccc(CC(=O)CN(N)/C=C(\N)C(C)C)cc3)c12. The fraction of sp³-hybridized carbons (Fsp3) is 0.393. The van der Waals surface area contributed by atoms with E-state index in [2.05, 4.69) is 15.3 Å². The molecule has 10 nitrogen and oxygen atoms in total. The van der Waals surface area contributed by atoms with Crippen molar-refractivity contribution < 1.29 is 19.0 Å². The molecule has 0 spiro atoms. The van der Waals surface area contributed by atoms with Crippen molar-refractivity contribution in [3.8, 4) is 11.5 Å². The van der Waals surface area contributed by atoms with Gasteiger partial charge in [-0.05, 0) is 30.5 Å². The van der Waals surface area contributed by atoms with Crippen LogP contribution in [0, 0.1) is 5.92 Å². The Morgan fingerprint density at radius 3 is 2.74 bits per heavy atom. The second-order valence-corrected chi connectivity index (χ2v) is 9.57. The number of ketones is 1. The summed E-state index contributed by atoms with van der Waals surface area (Å²) in [6, 6.07) is 11.4. The molecule has 38 heavy (non-hydrogen) atoms. The first kappa shape index (κ1) is 27.2. The van der Waals surface area contributed by atoms with Gasteiger partial charge >= 0.3 is 0 Å². The van der Waals surface area contributed by atoms with E-state index in [0.717, 1.165) is 23.1 Å². The highest BCUT2D eigenvalue weighted by atomic mass is 16.5. The molecular weight excluding hydrogens is 484 g/mol. The summed E-state index contributed by atoms with van der Waals surface area (Å²) < 4.78 is 17.5. The van der Waals surface area contributed by atoms with Crippen LogP contribution in [0.5, 0.6) is 11.5 Å². The Morgan fingerprint density at radius 2 is 2.05 bits per heavy atom. The fourth-order valence-electron chi connectivity index (χ4n) is 4.08. The van der Waals surface area contributed by atoms with E-state index < -0.39 is 0 Å². The molecule has 202 valence electrons. The minimum atomic E-state index is -0.00800. The number of ether oxygens (including phenoxy) is 3. The van der Waals surface area contributed by atoms with Crippen molar-refractivity contribution in [3.63, 3.8) is 0 Å². The molecule has 1 saturated heterocycles. The summed E-state index contributed by atoms with van der Waals surface area (Å²) in [6.07, 6.45) is 4.26. The molecule has 1 aliphatic heterocycles. The number of fused-ring (bicyclic) bond motifs is 1. The molecule has 10 heteroatoms. The van der Waals surface area contributed by atoms with Crippen LogP contribution in [-0.2, 0) is 16.0 Å². The molecule has 4 rings (SSSR count). The van der Waals surface area contributed by atoms with Crippen LogP contribution in [0.15, 0.2) is 54.6 Å². The van der Waals surface area contributed by atoms with Gasteiger partial charge in [-0.2, -0.15) is 0 Å². The number of hydrogen-bond acceptors (Lipinski definition) is 10. The predicted molar refractivity (Wildman–Crippen MR) is 147 cm³/mol. The molecule has 0 unspecified atom stereocenters. The van der Waals surface area contributed by atoms with E-state index >= 15 is 0 Å². The van der Waals surface area contributed by atoms with Crippen LogP contribution in [0.25, 0.3) is 10.9 Å². The van der Waals surface area contributed by atoms with Crippen molar-refractivity contribution >= 4 is 28.2 Å². The fourth-order valence-corrected chi connectivity index (χ4v) is 4.08. The molecule has 5 N–H and O–H groups in total. The highest BCUT2D eigenvalue weighted by molar-refractivity contribution is 5.96. The summed E-state index contributed by atoms with van der Waals surface area (Å²) in [5.74, 6) is 8.02.